The second-order valence-electron chi connectivity index (χ2n) is 5.70. The summed E-state index contributed by atoms with van der Waals surface area (Å²) in [6, 6.07) is 0.152. The van der Waals surface area contributed by atoms with Crippen LogP contribution < -0.4 is 5.32 Å². The van der Waals surface area contributed by atoms with Crippen molar-refractivity contribution >= 4 is 11.8 Å². The number of carbonyl (C=O) groups excluding carboxylic acids is 2. The van der Waals surface area contributed by atoms with Crippen molar-refractivity contribution in [3.63, 3.8) is 0 Å². The van der Waals surface area contributed by atoms with E-state index in [1.54, 1.807) is 4.90 Å². The first kappa shape index (κ1) is 12.0. The van der Waals surface area contributed by atoms with Gasteiger partial charge >= 0.3 is 0 Å². The van der Waals surface area contributed by atoms with Crippen molar-refractivity contribution in [2.45, 2.75) is 44.2 Å². The summed E-state index contributed by atoms with van der Waals surface area (Å²) in [5.74, 6) is 0.237. The van der Waals surface area contributed by atoms with Crippen LogP contribution in [0.2, 0.25) is 0 Å². The van der Waals surface area contributed by atoms with Gasteiger partial charge in [0.2, 0.25) is 11.8 Å². The average molecular weight is 253 g/mol. The Hall–Kier alpha value is -1.10. The minimum Gasteiger partial charge on any atom is -0.341 e. The smallest absolute Gasteiger partial charge is 0.245 e. The Balaban J connectivity index is 0.00000133. The first-order valence-corrected chi connectivity index (χ1v) is 6.99. The third-order valence-corrected chi connectivity index (χ3v) is 4.78. The maximum atomic E-state index is 12.2. The highest BCUT2D eigenvalue weighted by atomic mass is 16.2. The molecule has 5 heteroatoms. The van der Waals surface area contributed by atoms with Crippen molar-refractivity contribution in [2.24, 2.45) is 0 Å². The molecule has 18 heavy (non-hydrogen) atoms. The zero-order valence-corrected chi connectivity index (χ0v) is 10.9. The summed E-state index contributed by atoms with van der Waals surface area (Å²) in [5, 5.41) is 3.33. The molecule has 3 aliphatic heterocycles. The summed E-state index contributed by atoms with van der Waals surface area (Å²) in [4.78, 5) is 27.9. The third-order valence-electron chi connectivity index (χ3n) is 4.78. The van der Waals surface area contributed by atoms with Gasteiger partial charge in [0.25, 0.3) is 0 Å². The fraction of sp³-hybridized carbons (Fsp3) is 0.846. The Kier molecular flexibility index (Phi) is 2.81. The minimum atomic E-state index is -0.342. The summed E-state index contributed by atoms with van der Waals surface area (Å²) >= 11 is 0. The second-order valence-corrected chi connectivity index (χ2v) is 5.70. The van der Waals surface area contributed by atoms with Crippen molar-refractivity contribution in [1.29, 1.82) is 0 Å². The highest BCUT2D eigenvalue weighted by molar-refractivity contribution is 5.97. The van der Waals surface area contributed by atoms with E-state index in [1.165, 1.54) is 0 Å². The fourth-order valence-electron chi connectivity index (χ4n) is 3.54. The van der Waals surface area contributed by atoms with Gasteiger partial charge in [-0.1, -0.05) is 0 Å². The minimum absolute atomic E-state index is 0. The van der Waals surface area contributed by atoms with Crippen molar-refractivity contribution in [3.05, 3.63) is 0 Å². The Bertz CT molecular complexity index is 376. The molecule has 0 aromatic rings. The molecule has 3 saturated heterocycles. The van der Waals surface area contributed by atoms with E-state index in [0.29, 0.717) is 0 Å². The lowest BCUT2D eigenvalue weighted by Gasteiger charge is -2.53. The lowest BCUT2D eigenvalue weighted by molar-refractivity contribution is -0.164. The summed E-state index contributed by atoms with van der Waals surface area (Å²) in [6.45, 7) is 4.96. The number of hydrogen-bond donors (Lipinski definition) is 1. The van der Waals surface area contributed by atoms with Gasteiger partial charge < -0.3 is 15.1 Å². The van der Waals surface area contributed by atoms with Crippen LogP contribution >= 0.6 is 0 Å². The molecule has 0 bridgehead atoms. The molecule has 0 aromatic heterocycles. The second kappa shape index (κ2) is 4.23. The summed E-state index contributed by atoms with van der Waals surface area (Å²) in [6.07, 6.45) is 4.17. The predicted octanol–water partition coefficient (Wildman–Crippen LogP) is 0.208. The van der Waals surface area contributed by atoms with E-state index in [2.05, 4.69) is 12.2 Å². The van der Waals surface area contributed by atoms with Crippen molar-refractivity contribution in [3.8, 4) is 0 Å². The van der Waals surface area contributed by atoms with E-state index in [-0.39, 0.29) is 31.4 Å². The van der Waals surface area contributed by atoms with E-state index in [4.69, 9.17) is 0 Å². The summed E-state index contributed by atoms with van der Waals surface area (Å²) < 4.78 is 0. The van der Waals surface area contributed by atoms with Gasteiger partial charge in [-0.25, -0.2) is 0 Å². The molecule has 0 aromatic carbocycles. The van der Waals surface area contributed by atoms with E-state index in [0.717, 1.165) is 45.3 Å². The molecule has 2 atom stereocenters. The number of hydrogen-bond acceptors (Lipinski definition) is 3. The lowest BCUT2D eigenvalue weighted by Crippen LogP contribution is -2.77. The molecule has 3 aliphatic rings. The molecule has 0 radical (unpaired) electrons. The Morgan fingerprint density at radius 3 is 2.72 bits per heavy atom. The third kappa shape index (κ3) is 1.56. The zero-order valence-electron chi connectivity index (χ0n) is 10.9. The monoisotopic (exact) mass is 253 g/mol. The number of rotatable bonds is 2. The van der Waals surface area contributed by atoms with Gasteiger partial charge in [-0.3, -0.25) is 9.59 Å². The maximum absolute atomic E-state index is 12.2. The van der Waals surface area contributed by atoms with Crippen LogP contribution in [0.4, 0.5) is 0 Å². The van der Waals surface area contributed by atoms with Gasteiger partial charge in [0.05, 0.1) is 6.04 Å². The normalized spacial score (nSPS) is 35.4. The molecule has 3 fully saturated rings. The number of amides is 2. The highest BCUT2D eigenvalue weighted by Gasteiger charge is 2.59. The Morgan fingerprint density at radius 1 is 1.44 bits per heavy atom. The average Bonchev–Trinajstić information content (AvgIpc) is 3.05. The largest absolute Gasteiger partial charge is 0.341 e. The Morgan fingerprint density at radius 2 is 2.17 bits per heavy atom. The number of likely N-dealkylation sites (tertiary alicyclic amines) is 2. The van der Waals surface area contributed by atoms with Crippen LogP contribution in [0.25, 0.3) is 0 Å². The lowest BCUT2D eigenvalue weighted by atomic mass is 9.78. The Labute approximate surface area is 109 Å². The first-order valence-electron chi connectivity index (χ1n) is 6.99. The van der Waals surface area contributed by atoms with Crippen molar-refractivity contribution < 1.29 is 11.0 Å². The molecule has 0 aliphatic carbocycles. The van der Waals surface area contributed by atoms with Crippen LogP contribution in [-0.2, 0) is 9.59 Å². The first-order chi connectivity index (χ1) is 8.65. The maximum Gasteiger partial charge on any atom is 0.245 e. The number of carbonyl (C=O) groups is 2. The molecular formula is C13H23N3O2. The molecule has 102 valence electrons. The molecule has 1 spiro atoms. The van der Waals surface area contributed by atoms with Crippen molar-refractivity contribution in [1.82, 2.24) is 15.1 Å². The predicted molar refractivity (Wildman–Crippen MR) is 69.1 cm³/mol. The van der Waals surface area contributed by atoms with Gasteiger partial charge in [-0.2, -0.15) is 0 Å². The van der Waals surface area contributed by atoms with Crippen LogP contribution in [0.1, 0.15) is 34.0 Å². The van der Waals surface area contributed by atoms with Crippen LogP contribution in [0.3, 0.4) is 0 Å². The topological polar surface area (TPSA) is 52.7 Å². The van der Waals surface area contributed by atoms with Gasteiger partial charge in [-0.15, -0.1) is 0 Å². The number of nitrogens with one attached hydrogen (secondary N) is 1. The zero-order chi connectivity index (χ0) is 12.8. The molecule has 1 N–H and O–H groups in total. The van der Waals surface area contributed by atoms with Crippen LogP contribution in [-0.4, -0.2) is 59.4 Å². The van der Waals surface area contributed by atoms with E-state index in [9.17, 15) is 9.59 Å². The van der Waals surface area contributed by atoms with Gasteiger partial charge in [0.1, 0.15) is 12.1 Å². The number of β-lactam (4-membered cyclic amide) rings is 1. The molecule has 3 rings (SSSR count). The van der Waals surface area contributed by atoms with Crippen molar-refractivity contribution in [2.75, 3.05) is 26.2 Å². The molecule has 3 heterocycles. The van der Waals surface area contributed by atoms with Crippen LogP contribution in [0, 0.1) is 0 Å². The van der Waals surface area contributed by atoms with Crippen LogP contribution in [0.15, 0.2) is 0 Å². The molecule has 2 unspecified atom stereocenters. The SMILES string of the molecule is CC1N(CC(=O)N2CCCC2)C(=O)C12CCCN2.[HH]. The van der Waals surface area contributed by atoms with E-state index >= 15 is 0 Å². The fourth-order valence-corrected chi connectivity index (χ4v) is 3.54. The summed E-state index contributed by atoms with van der Waals surface area (Å²) in [7, 11) is 0. The standard InChI is InChI=1S/C13H21N3O2.H2/c1-10-13(5-4-6-14-13)12(18)16(10)9-11(17)15-7-2-3-8-15;/h10,14H,2-9H2,1H3;1H. The van der Waals surface area contributed by atoms with E-state index in [1.807, 2.05) is 4.90 Å². The van der Waals surface area contributed by atoms with E-state index < -0.39 is 0 Å². The highest BCUT2D eigenvalue weighted by Crippen LogP contribution is 2.37. The van der Waals surface area contributed by atoms with Crippen LogP contribution in [0.5, 0.6) is 0 Å². The van der Waals surface area contributed by atoms with Gasteiger partial charge in [0.15, 0.2) is 0 Å². The number of nitrogens with zero attached hydrogens (tertiary/aromatic N) is 2. The molecule has 2 amide bonds. The molecule has 5 nitrogen and oxygen atoms in total. The quantitative estimate of drug-likeness (QED) is 0.716. The molecule has 0 saturated carbocycles. The summed E-state index contributed by atoms with van der Waals surface area (Å²) in [5.41, 5.74) is -0.342. The van der Waals surface area contributed by atoms with Gasteiger partial charge in [0, 0.05) is 14.5 Å². The van der Waals surface area contributed by atoms with Gasteiger partial charge in [-0.05, 0) is 39.2 Å². The molecular weight excluding hydrogens is 230 g/mol.